The molecule has 54 heavy (non-hydrogen) atoms. The monoisotopic (exact) mass is 789 g/mol. The second-order valence-corrected chi connectivity index (χ2v) is 17.0. The number of alkyl halides is 2. The highest BCUT2D eigenvalue weighted by Gasteiger charge is 2.50. The number of ether oxygens (including phenoxy) is 3. The number of hydrogen-bond donors (Lipinski definition) is 2. The van der Waals surface area contributed by atoms with Crippen molar-refractivity contribution in [3.8, 4) is 22.6 Å². The summed E-state index contributed by atoms with van der Waals surface area (Å²) < 4.78 is 79.6. The van der Waals surface area contributed by atoms with Crippen molar-refractivity contribution in [1.29, 1.82) is 0 Å². The lowest BCUT2D eigenvalue weighted by molar-refractivity contribution is -0.145. The number of sulfonamides is 1. The highest BCUT2D eigenvalue weighted by Crippen LogP contribution is 2.37. The van der Waals surface area contributed by atoms with Gasteiger partial charge in [-0.1, -0.05) is 61.2 Å². The maximum Gasteiger partial charge on any atom is 0.407 e. The van der Waals surface area contributed by atoms with Crippen molar-refractivity contribution in [2.45, 2.75) is 101 Å². The summed E-state index contributed by atoms with van der Waals surface area (Å²) in [5.74, 6) is -3.72. The Morgan fingerprint density at radius 1 is 0.889 bits per heavy atom. The van der Waals surface area contributed by atoms with Gasteiger partial charge in [0, 0.05) is 24.7 Å². The van der Waals surface area contributed by atoms with Crippen molar-refractivity contribution in [1.82, 2.24) is 14.9 Å². The first-order valence-electron chi connectivity index (χ1n) is 18.5. The number of benzene rings is 3. The van der Waals surface area contributed by atoms with Crippen LogP contribution in [0.3, 0.4) is 0 Å². The first-order valence-corrected chi connectivity index (χ1v) is 20.4. The lowest BCUT2D eigenvalue weighted by Crippen LogP contribution is -2.58. The van der Waals surface area contributed by atoms with Crippen molar-refractivity contribution in [2.24, 2.45) is 5.92 Å². The molecule has 14 heteroatoms. The highest BCUT2D eigenvalue weighted by molar-refractivity contribution is 7.89. The Hall–Kier alpha value is -3.94. The molecule has 10 nitrogen and oxygen atoms in total. The van der Waals surface area contributed by atoms with E-state index in [0.29, 0.717) is 46.8 Å². The van der Waals surface area contributed by atoms with E-state index in [9.17, 15) is 18.0 Å². The number of piperidine rings is 1. The van der Waals surface area contributed by atoms with E-state index in [1.807, 2.05) is 6.92 Å². The molecule has 0 bridgehead atoms. The Bertz CT molecular complexity index is 1840. The van der Waals surface area contributed by atoms with Crippen molar-refractivity contribution in [3.05, 3.63) is 77.3 Å². The van der Waals surface area contributed by atoms with Crippen LogP contribution in [0.25, 0.3) is 11.1 Å². The first kappa shape index (κ1) is 41.2. The third kappa shape index (κ3) is 10.8. The predicted octanol–water partition coefficient (Wildman–Crippen LogP) is 8.32. The van der Waals surface area contributed by atoms with Gasteiger partial charge in [-0.15, -0.1) is 0 Å². The number of carbonyl (C=O) groups excluding carboxylic acids is 2. The van der Waals surface area contributed by atoms with Gasteiger partial charge in [-0.05, 0) is 107 Å². The van der Waals surface area contributed by atoms with E-state index in [-0.39, 0.29) is 36.9 Å². The number of nitrogens with one attached hydrogen (secondary N) is 2. The number of halogens is 3. The Morgan fingerprint density at radius 3 is 2.13 bits per heavy atom. The molecule has 1 unspecified atom stereocenters. The van der Waals surface area contributed by atoms with Crippen LogP contribution in [-0.2, 0) is 25.5 Å². The van der Waals surface area contributed by atoms with Gasteiger partial charge in [-0.3, -0.25) is 4.79 Å². The molecule has 1 atom stereocenters. The van der Waals surface area contributed by atoms with Gasteiger partial charge in [-0.25, -0.2) is 13.2 Å². The zero-order valence-electron chi connectivity index (χ0n) is 31.2. The maximum absolute atomic E-state index is 16.7. The fraction of sp³-hybridized carbons (Fsp3) is 0.500. The number of alkyl carbamates (subject to hydrolysis) is 1. The van der Waals surface area contributed by atoms with Gasteiger partial charge in [0.05, 0.1) is 23.1 Å². The van der Waals surface area contributed by atoms with E-state index in [1.54, 1.807) is 39.0 Å². The van der Waals surface area contributed by atoms with Crippen LogP contribution in [0.1, 0.15) is 78.2 Å². The van der Waals surface area contributed by atoms with Crippen LogP contribution >= 0.6 is 11.6 Å². The molecular weight excluding hydrogens is 740 g/mol. The minimum atomic E-state index is -4.63. The van der Waals surface area contributed by atoms with Crippen molar-refractivity contribution in [3.63, 3.8) is 0 Å². The van der Waals surface area contributed by atoms with Crippen LogP contribution in [0.2, 0.25) is 5.02 Å². The lowest BCUT2D eigenvalue weighted by atomic mass is 9.90. The van der Waals surface area contributed by atoms with E-state index in [2.05, 4.69) is 10.0 Å². The normalized spacial score (nSPS) is 16.8. The molecule has 2 fully saturated rings. The number of carbonyl (C=O) groups is 2. The summed E-state index contributed by atoms with van der Waals surface area (Å²) in [6, 6.07) is 13.1. The van der Waals surface area contributed by atoms with Crippen molar-refractivity contribution >= 4 is 33.6 Å². The molecule has 2 aliphatic rings. The average molecular weight is 790 g/mol. The molecule has 1 saturated carbocycles. The highest BCUT2D eigenvalue weighted by atomic mass is 35.5. The van der Waals surface area contributed by atoms with E-state index >= 15 is 8.78 Å². The van der Waals surface area contributed by atoms with Crippen LogP contribution in [-0.4, -0.2) is 69.3 Å². The zero-order valence-corrected chi connectivity index (χ0v) is 32.8. The summed E-state index contributed by atoms with van der Waals surface area (Å²) in [6.07, 6.45) is 5.59. The van der Waals surface area contributed by atoms with Gasteiger partial charge in [0.15, 0.2) is 6.04 Å². The van der Waals surface area contributed by atoms with E-state index < -0.39 is 45.2 Å². The fourth-order valence-corrected chi connectivity index (χ4v) is 8.05. The number of amides is 2. The van der Waals surface area contributed by atoms with E-state index in [0.717, 1.165) is 25.7 Å². The van der Waals surface area contributed by atoms with Crippen molar-refractivity contribution < 1.29 is 41.0 Å². The topological polar surface area (TPSA) is 123 Å². The summed E-state index contributed by atoms with van der Waals surface area (Å²) in [5, 5.41) is 3.17. The number of hydrogen-bond acceptors (Lipinski definition) is 7. The smallest absolute Gasteiger partial charge is 0.407 e. The Labute approximate surface area is 321 Å². The predicted molar refractivity (Wildman–Crippen MR) is 204 cm³/mol. The summed E-state index contributed by atoms with van der Waals surface area (Å²) >= 11 is 6.23. The van der Waals surface area contributed by atoms with Gasteiger partial charge in [0.2, 0.25) is 15.9 Å². The molecule has 0 spiro atoms. The van der Waals surface area contributed by atoms with Gasteiger partial charge >= 0.3 is 6.09 Å². The average Bonchev–Trinajstić information content (AvgIpc) is 3.14. The first-order chi connectivity index (χ1) is 25.6. The molecule has 5 rings (SSSR count). The molecule has 1 aliphatic heterocycles. The lowest BCUT2D eigenvalue weighted by Gasteiger charge is -2.36. The molecule has 0 radical (unpaired) electrons. The van der Waals surface area contributed by atoms with Crippen molar-refractivity contribution in [2.75, 3.05) is 26.3 Å². The fourth-order valence-electron chi connectivity index (χ4n) is 6.69. The molecule has 0 aromatic heterocycles. The molecule has 294 valence electrons. The third-order valence-electron chi connectivity index (χ3n) is 9.59. The maximum atomic E-state index is 16.7. The number of rotatable bonds is 13. The molecule has 3 aromatic carbocycles. The summed E-state index contributed by atoms with van der Waals surface area (Å²) in [5.41, 5.74) is -0.0152. The zero-order chi connectivity index (χ0) is 39.1. The third-order valence-corrected chi connectivity index (χ3v) is 11.3. The van der Waals surface area contributed by atoms with Crippen LogP contribution in [0.15, 0.2) is 71.6 Å². The van der Waals surface area contributed by atoms with Gasteiger partial charge in [0.1, 0.15) is 17.1 Å². The van der Waals surface area contributed by atoms with Gasteiger partial charge in [0.25, 0.3) is 5.92 Å². The summed E-state index contributed by atoms with van der Waals surface area (Å²) in [6.45, 7) is 7.95. The molecule has 1 aliphatic carbocycles. The Balaban J connectivity index is 1.36. The van der Waals surface area contributed by atoms with E-state index in [4.69, 9.17) is 25.8 Å². The van der Waals surface area contributed by atoms with Crippen LogP contribution in [0.5, 0.6) is 11.5 Å². The molecule has 3 aromatic rings. The van der Waals surface area contributed by atoms with E-state index in [1.165, 1.54) is 59.9 Å². The largest absolute Gasteiger partial charge is 0.493 e. The second-order valence-electron chi connectivity index (χ2n) is 14.9. The molecule has 2 amide bonds. The number of likely N-dealkylation sites (tertiary alicyclic amines) is 1. The Morgan fingerprint density at radius 2 is 1.52 bits per heavy atom. The Kier molecular flexibility index (Phi) is 13.5. The molecular formula is C40H50ClF2N3O7S. The SMILES string of the molecule is CCOc1cc(-c2ccc(C(F)(F)C(NS(=O)(=O)c3ccc(OCC4CCCCC4)cc3)C(=O)N3CCC(NC(=O)OC(C)(C)C)CC3)cc2)ccc1Cl. The van der Waals surface area contributed by atoms with Gasteiger partial charge < -0.3 is 24.4 Å². The van der Waals surface area contributed by atoms with Crippen LogP contribution in [0.4, 0.5) is 13.6 Å². The van der Waals surface area contributed by atoms with Crippen LogP contribution < -0.4 is 19.5 Å². The minimum absolute atomic E-state index is 0.0122. The molecule has 2 N–H and O–H groups in total. The quantitative estimate of drug-likeness (QED) is 0.179. The standard InChI is InChI=1S/C40H50ClF2N3O7S/c1-5-51-35-25-29(13-20-34(35)41)28-11-14-30(15-12-28)40(42,43)36(37(47)46-23-21-31(22-24-46)44-38(48)53-39(2,3)4)45-54(49,50)33-18-16-32(17-19-33)52-26-27-9-7-6-8-10-27/h11-20,25,27,31,36,45H,5-10,21-24,26H2,1-4H3,(H,44,48). The van der Waals surface area contributed by atoms with Gasteiger partial charge in [-0.2, -0.15) is 13.5 Å². The second kappa shape index (κ2) is 17.7. The summed E-state index contributed by atoms with van der Waals surface area (Å²) in [4.78, 5) is 27.3. The molecule has 1 heterocycles. The minimum Gasteiger partial charge on any atom is -0.493 e. The van der Waals surface area contributed by atoms with Crippen LogP contribution in [0, 0.1) is 5.92 Å². The summed E-state index contributed by atoms with van der Waals surface area (Å²) in [7, 11) is -4.63. The number of nitrogens with zero attached hydrogens (tertiary/aromatic N) is 1. The molecule has 1 saturated heterocycles.